The van der Waals surface area contributed by atoms with Crippen molar-refractivity contribution in [1.29, 1.82) is 0 Å². The number of imidazole rings is 1. The van der Waals surface area contributed by atoms with Crippen molar-refractivity contribution < 1.29 is 14.3 Å². The molecule has 7 heteroatoms. The molecule has 0 bridgehead atoms. The van der Waals surface area contributed by atoms with Crippen LogP contribution in [-0.4, -0.2) is 35.4 Å². The lowest BCUT2D eigenvalue weighted by atomic mass is 9.88. The van der Waals surface area contributed by atoms with E-state index in [2.05, 4.69) is 5.32 Å². The molecule has 1 aliphatic rings. The molecule has 0 radical (unpaired) electrons. The number of anilines is 2. The van der Waals surface area contributed by atoms with Gasteiger partial charge in [0.05, 0.1) is 18.4 Å². The third-order valence-electron chi connectivity index (χ3n) is 6.19. The lowest BCUT2D eigenvalue weighted by Gasteiger charge is -2.26. The zero-order valence-electron chi connectivity index (χ0n) is 18.9. The molecule has 1 saturated carbocycles. The summed E-state index contributed by atoms with van der Waals surface area (Å²) < 4.78 is 7.09. The van der Waals surface area contributed by atoms with E-state index in [9.17, 15) is 9.59 Å². The van der Waals surface area contributed by atoms with Gasteiger partial charge in [0.1, 0.15) is 17.2 Å². The highest BCUT2D eigenvalue weighted by Gasteiger charge is 2.28. The van der Waals surface area contributed by atoms with Gasteiger partial charge in [0.2, 0.25) is 5.91 Å². The average Bonchev–Trinajstić information content (AvgIpc) is 3.21. The van der Waals surface area contributed by atoms with Gasteiger partial charge in [-0.1, -0.05) is 32.3 Å². The number of aromatic nitrogens is 2. The minimum Gasteiger partial charge on any atom is -0.497 e. The van der Waals surface area contributed by atoms with Gasteiger partial charge in [-0.3, -0.25) is 18.9 Å². The van der Waals surface area contributed by atoms with Crippen molar-refractivity contribution in [3.05, 3.63) is 53.9 Å². The number of rotatable bonds is 6. The summed E-state index contributed by atoms with van der Waals surface area (Å²) in [5.41, 5.74) is 2.71. The van der Waals surface area contributed by atoms with Crippen molar-refractivity contribution in [1.82, 2.24) is 9.38 Å². The number of fused-ring (bicyclic) bond motifs is 1. The zero-order valence-corrected chi connectivity index (χ0v) is 18.9. The first-order valence-corrected chi connectivity index (χ1v) is 11.3. The summed E-state index contributed by atoms with van der Waals surface area (Å²) in [5, 5.41) is 2.91. The van der Waals surface area contributed by atoms with Gasteiger partial charge in [-0.2, -0.15) is 0 Å². The van der Waals surface area contributed by atoms with Crippen molar-refractivity contribution in [2.75, 3.05) is 24.4 Å². The number of nitrogens with zero attached hydrogens (tertiary/aromatic N) is 3. The average molecular weight is 435 g/mol. The summed E-state index contributed by atoms with van der Waals surface area (Å²) in [7, 11) is 3.41. The van der Waals surface area contributed by atoms with Crippen LogP contribution in [0.3, 0.4) is 0 Å². The Balaban J connectivity index is 1.65. The number of amides is 2. The van der Waals surface area contributed by atoms with Crippen LogP contribution in [0.2, 0.25) is 0 Å². The zero-order chi connectivity index (χ0) is 22.7. The first-order valence-electron chi connectivity index (χ1n) is 11.3. The largest absolute Gasteiger partial charge is 0.497 e. The molecule has 2 aromatic heterocycles. The highest BCUT2D eigenvalue weighted by atomic mass is 16.5. The summed E-state index contributed by atoms with van der Waals surface area (Å²) in [6.07, 6.45) is 7.75. The van der Waals surface area contributed by atoms with Crippen LogP contribution in [0, 0.1) is 5.92 Å². The normalized spacial score (nSPS) is 14.3. The number of aryl methyl sites for hydroxylation is 1. The Hall–Kier alpha value is -3.35. The predicted molar refractivity (Wildman–Crippen MR) is 126 cm³/mol. The molecule has 0 saturated heterocycles. The number of nitrogens with one attached hydrogen (secondary N) is 1. The van der Waals surface area contributed by atoms with E-state index in [0.717, 1.165) is 42.8 Å². The molecule has 0 unspecified atom stereocenters. The predicted octanol–water partition coefficient (Wildman–Crippen LogP) is 4.70. The second-order valence-electron chi connectivity index (χ2n) is 8.30. The number of benzene rings is 1. The SMILES string of the molecule is CCc1nc2ccc(C(=O)Nc3cccc(OC)c3)cn2c1N(C)C(=O)C1CCCCC1. The lowest BCUT2D eigenvalue weighted by molar-refractivity contribution is -0.123. The molecule has 3 aromatic rings. The molecule has 7 nitrogen and oxygen atoms in total. The number of pyridine rings is 1. The highest BCUT2D eigenvalue weighted by Crippen LogP contribution is 2.29. The Bertz CT molecular complexity index is 1130. The number of hydrogen-bond acceptors (Lipinski definition) is 4. The van der Waals surface area contributed by atoms with Crippen LogP contribution in [0.4, 0.5) is 11.5 Å². The van der Waals surface area contributed by atoms with Crippen LogP contribution in [0.1, 0.15) is 55.1 Å². The van der Waals surface area contributed by atoms with Crippen molar-refractivity contribution in [2.24, 2.45) is 5.92 Å². The maximum absolute atomic E-state index is 13.2. The lowest BCUT2D eigenvalue weighted by Crippen LogP contribution is -2.35. The molecule has 1 N–H and O–H groups in total. The molecule has 1 aliphatic carbocycles. The molecule has 2 amide bonds. The first kappa shape index (κ1) is 21.9. The minimum absolute atomic E-state index is 0.0588. The smallest absolute Gasteiger partial charge is 0.257 e. The maximum Gasteiger partial charge on any atom is 0.257 e. The molecule has 1 aromatic carbocycles. The number of ether oxygens (including phenoxy) is 1. The first-order chi connectivity index (χ1) is 15.5. The third kappa shape index (κ3) is 4.33. The summed E-state index contributed by atoms with van der Waals surface area (Å²) in [6, 6.07) is 10.8. The van der Waals surface area contributed by atoms with Crippen LogP contribution in [0.25, 0.3) is 5.65 Å². The van der Waals surface area contributed by atoms with E-state index in [1.54, 1.807) is 30.3 Å². The summed E-state index contributed by atoms with van der Waals surface area (Å²) in [4.78, 5) is 32.6. The third-order valence-corrected chi connectivity index (χ3v) is 6.19. The van der Waals surface area contributed by atoms with E-state index in [4.69, 9.17) is 9.72 Å². The van der Waals surface area contributed by atoms with Crippen molar-refractivity contribution in [2.45, 2.75) is 45.4 Å². The molecule has 168 valence electrons. The summed E-state index contributed by atoms with van der Waals surface area (Å²) in [6.45, 7) is 2.03. The number of hydrogen-bond donors (Lipinski definition) is 1. The van der Waals surface area contributed by atoms with Crippen molar-refractivity contribution in [3.8, 4) is 5.75 Å². The Morgan fingerprint density at radius 3 is 2.69 bits per heavy atom. The fraction of sp³-hybridized carbons (Fsp3) is 0.400. The van der Waals surface area contributed by atoms with Gasteiger partial charge in [-0.05, 0) is 43.5 Å². The van der Waals surface area contributed by atoms with Gasteiger partial charge < -0.3 is 10.1 Å². The molecule has 32 heavy (non-hydrogen) atoms. The minimum atomic E-state index is -0.237. The summed E-state index contributed by atoms with van der Waals surface area (Å²) in [5.74, 6) is 1.37. The van der Waals surface area contributed by atoms with Crippen LogP contribution in [-0.2, 0) is 11.2 Å². The Labute approximate surface area is 188 Å². The van der Waals surface area contributed by atoms with E-state index in [1.165, 1.54) is 6.42 Å². The van der Waals surface area contributed by atoms with E-state index in [1.807, 2.05) is 42.6 Å². The molecular weight excluding hydrogens is 404 g/mol. The van der Waals surface area contributed by atoms with E-state index >= 15 is 0 Å². The Morgan fingerprint density at radius 2 is 1.97 bits per heavy atom. The number of methoxy groups -OCH3 is 1. The Kier molecular flexibility index (Phi) is 6.44. The van der Waals surface area contributed by atoms with Crippen molar-refractivity contribution in [3.63, 3.8) is 0 Å². The second kappa shape index (κ2) is 9.42. The fourth-order valence-corrected chi connectivity index (χ4v) is 4.44. The highest BCUT2D eigenvalue weighted by molar-refractivity contribution is 6.04. The molecule has 0 aliphatic heterocycles. The number of carbonyl (C=O) groups excluding carboxylic acids is 2. The van der Waals surface area contributed by atoms with Gasteiger partial charge in [0.15, 0.2) is 0 Å². The molecule has 2 heterocycles. The Morgan fingerprint density at radius 1 is 1.19 bits per heavy atom. The van der Waals surface area contributed by atoms with Gasteiger partial charge in [-0.25, -0.2) is 4.98 Å². The van der Waals surface area contributed by atoms with Crippen LogP contribution in [0.5, 0.6) is 5.75 Å². The number of carbonyl (C=O) groups is 2. The van der Waals surface area contributed by atoms with Crippen molar-refractivity contribution >= 4 is 29.0 Å². The standard InChI is InChI=1S/C25H30N4O3/c1-4-21-24(28(2)25(31)17-9-6-5-7-10-17)29-16-18(13-14-22(29)27-21)23(30)26-19-11-8-12-20(15-19)32-3/h8,11-17H,4-7,9-10H2,1-3H3,(H,26,30). The molecule has 0 atom stereocenters. The topological polar surface area (TPSA) is 75.9 Å². The van der Waals surface area contributed by atoms with Gasteiger partial charge in [0.25, 0.3) is 5.91 Å². The second-order valence-corrected chi connectivity index (χ2v) is 8.30. The van der Waals surface area contributed by atoms with E-state index in [0.29, 0.717) is 23.4 Å². The molecular formula is C25H30N4O3. The van der Waals surface area contributed by atoms with Crippen LogP contribution < -0.4 is 15.0 Å². The van der Waals surface area contributed by atoms with Gasteiger partial charge in [-0.15, -0.1) is 0 Å². The fourth-order valence-electron chi connectivity index (χ4n) is 4.44. The molecule has 4 rings (SSSR count). The van der Waals surface area contributed by atoms with Crippen LogP contribution in [0.15, 0.2) is 42.6 Å². The summed E-state index contributed by atoms with van der Waals surface area (Å²) >= 11 is 0. The van der Waals surface area contributed by atoms with E-state index in [-0.39, 0.29) is 17.7 Å². The molecule has 0 spiro atoms. The van der Waals surface area contributed by atoms with Crippen LogP contribution >= 0.6 is 0 Å². The van der Waals surface area contributed by atoms with E-state index < -0.39 is 0 Å². The molecule has 1 fully saturated rings. The monoisotopic (exact) mass is 434 g/mol. The van der Waals surface area contributed by atoms with Gasteiger partial charge >= 0.3 is 0 Å². The van der Waals surface area contributed by atoms with Gasteiger partial charge in [0, 0.05) is 30.9 Å². The quantitative estimate of drug-likeness (QED) is 0.610. The maximum atomic E-state index is 13.2.